The average molecular weight is 346 g/mol. The zero-order valence-electron chi connectivity index (χ0n) is 14.3. The van der Waals surface area contributed by atoms with Gasteiger partial charge in [-0.05, 0) is 43.8 Å². The number of hydrogen-bond donors (Lipinski definition) is 1. The van der Waals surface area contributed by atoms with Gasteiger partial charge in [0, 0.05) is 43.6 Å². The summed E-state index contributed by atoms with van der Waals surface area (Å²) in [4.78, 5) is 12.0. The summed E-state index contributed by atoms with van der Waals surface area (Å²) in [5.41, 5.74) is 1.89. The monoisotopic (exact) mass is 346 g/mol. The van der Waals surface area contributed by atoms with Gasteiger partial charge in [-0.1, -0.05) is 12.1 Å². The molecule has 1 unspecified atom stereocenters. The fraction of sp³-hybridized carbons (Fsp3) is 0.526. The van der Waals surface area contributed by atoms with E-state index in [0.717, 1.165) is 44.8 Å². The molecule has 2 aliphatic rings. The van der Waals surface area contributed by atoms with E-state index >= 15 is 0 Å². The first-order chi connectivity index (χ1) is 12.1. The summed E-state index contributed by atoms with van der Waals surface area (Å²) in [7, 11) is 0. The van der Waals surface area contributed by atoms with Crippen molar-refractivity contribution < 1.29 is 8.78 Å². The Morgan fingerprint density at radius 3 is 2.72 bits per heavy atom. The number of halogens is 2. The van der Waals surface area contributed by atoms with Gasteiger partial charge in [0.05, 0.1) is 6.33 Å². The Bertz CT molecular complexity index is 718. The lowest BCUT2D eigenvalue weighted by Gasteiger charge is -2.40. The number of nitrogens with zero attached hydrogens (tertiary/aromatic N) is 3. The molecular weight excluding hydrogens is 322 g/mol. The molecular formula is C19H24F2N4. The van der Waals surface area contributed by atoms with Crippen molar-refractivity contribution in [1.29, 1.82) is 0 Å². The van der Waals surface area contributed by atoms with E-state index in [1.165, 1.54) is 18.9 Å². The number of hydrogen-bond acceptors (Lipinski definition) is 3. The van der Waals surface area contributed by atoms with Crippen molar-refractivity contribution in [2.75, 3.05) is 26.2 Å². The maximum atomic E-state index is 14.0. The summed E-state index contributed by atoms with van der Waals surface area (Å²) in [6.07, 6.45) is 7.11. The smallest absolute Gasteiger partial charge is 0.163 e. The molecule has 1 atom stereocenters. The Morgan fingerprint density at radius 1 is 1.08 bits per heavy atom. The second kappa shape index (κ2) is 6.84. The SMILES string of the molecule is Fc1cccc(CN2CCCC3(CCN(Cc4cnc[nH]4)C3)C2)c1F. The molecule has 2 fully saturated rings. The number of imidazole rings is 1. The lowest BCUT2D eigenvalue weighted by atomic mass is 9.79. The van der Waals surface area contributed by atoms with Gasteiger partial charge in [0.2, 0.25) is 0 Å². The van der Waals surface area contributed by atoms with Crippen LogP contribution in [0.25, 0.3) is 0 Å². The van der Waals surface area contributed by atoms with E-state index in [4.69, 9.17) is 0 Å². The molecule has 0 radical (unpaired) electrons. The molecule has 6 heteroatoms. The van der Waals surface area contributed by atoms with Gasteiger partial charge in [-0.2, -0.15) is 0 Å². The molecule has 4 nitrogen and oxygen atoms in total. The minimum atomic E-state index is -0.754. The van der Waals surface area contributed by atoms with Crippen LogP contribution in [0, 0.1) is 17.0 Å². The zero-order valence-corrected chi connectivity index (χ0v) is 14.3. The standard InChI is InChI=1S/C19H24F2N4/c20-17-4-1-3-15(18(17)21)10-24-7-2-5-19(12-24)6-8-25(13-19)11-16-9-22-14-23-16/h1,3-4,9,14H,2,5-8,10-13H2,(H,22,23). The third kappa shape index (κ3) is 3.60. The Kier molecular flexibility index (Phi) is 4.56. The van der Waals surface area contributed by atoms with Gasteiger partial charge in [-0.3, -0.25) is 9.80 Å². The van der Waals surface area contributed by atoms with Gasteiger partial charge < -0.3 is 4.98 Å². The van der Waals surface area contributed by atoms with Crippen molar-refractivity contribution in [2.45, 2.75) is 32.4 Å². The largest absolute Gasteiger partial charge is 0.347 e. The number of aromatic amines is 1. The molecule has 25 heavy (non-hydrogen) atoms. The highest BCUT2D eigenvalue weighted by Gasteiger charge is 2.41. The summed E-state index contributed by atoms with van der Waals surface area (Å²) < 4.78 is 27.4. The molecule has 2 aliphatic heterocycles. The Balaban J connectivity index is 1.40. The molecule has 2 saturated heterocycles. The lowest BCUT2D eigenvalue weighted by Crippen LogP contribution is -2.44. The molecule has 1 N–H and O–H groups in total. The van der Waals surface area contributed by atoms with Gasteiger partial charge in [0.1, 0.15) is 0 Å². The highest BCUT2D eigenvalue weighted by Crippen LogP contribution is 2.39. The second-order valence-corrected chi connectivity index (χ2v) is 7.56. The minimum Gasteiger partial charge on any atom is -0.347 e. The summed E-state index contributed by atoms with van der Waals surface area (Å²) in [5.74, 6) is -1.45. The molecule has 0 bridgehead atoms. The van der Waals surface area contributed by atoms with E-state index in [0.29, 0.717) is 12.1 Å². The number of aromatic nitrogens is 2. The second-order valence-electron chi connectivity index (χ2n) is 7.56. The van der Waals surface area contributed by atoms with Gasteiger partial charge in [0.25, 0.3) is 0 Å². The normalized spacial score (nSPS) is 25.0. The predicted octanol–water partition coefficient (Wildman–Crippen LogP) is 3.18. The number of nitrogens with one attached hydrogen (secondary N) is 1. The van der Waals surface area contributed by atoms with E-state index < -0.39 is 11.6 Å². The third-order valence-corrected chi connectivity index (χ3v) is 5.63. The first-order valence-electron chi connectivity index (χ1n) is 8.98. The van der Waals surface area contributed by atoms with Crippen molar-refractivity contribution in [3.05, 3.63) is 53.6 Å². The van der Waals surface area contributed by atoms with Crippen LogP contribution < -0.4 is 0 Å². The van der Waals surface area contributed by atoms with Crippen LogP contribution in [0.3, 0.4) is 0 Å². The lowest BCUT2D eigenvalue weighted by molar-refractivity contribution is 0.0855. The van der Waals surface area contributed by atoms with E-state index in [-0.39, 0.29) is 5.41 Å². The van der Waals surface area contributed by atoms with Crippen LogP contribution in [-0.2, 0) is 13.1 Å². The third-order valence-electron chi connectivity index (χ3n) is 5.63. The van der Waals surface area contributed by atoms with E-state index in [2.05, 4.69) is 19.8 Å². The van der Waals surface area contributed by atoms with E-state index in [9.17, 15) is 8.78 Å². The zero-order chi connectivity index (χ0) is 17.3. The van der Waals surface area contributed by atoms with Crippen molar-refractivity contribution in [1.82, 2.24) is 19.8 Å². The van der Waals surface area contributed by atoms with Crippen LogP contribution in [0.2, 0.25) is 0 Å². The van der Waals surface area contributed by atoms with Gasteiger partial charge in [-0.15, -0.1) is 0 Å². The van der Waals surface area contributed by atoms with Crippen molar-refractivity contribution in [3.63, 3.8) is 0 Å². The molecule has 0 amide bonds. The molecule has 3 heterocycles. The molecule has 1 spiro atoms. The number of piperidine rings is 1. The van der Waals surface area contributed by atoms with Gasteiger partial charge in [-0.25, -0.2) is 13.8 Å². The number of rotatable bonds is 4. The quantitative estimate of drug-likeness (QED) is 0.924. The van der Waals surface area contributed by atoms with Crippen LogP contribution in [0.5, 0.6) is 0 Å². The Morgan fingerprint density at radius 2 is 1.92 bits per heavy atom. The minimum absolute atomic E-state index is 0.280. The summed E-state index contributed by atoms with van der Waals surface area (Å²) in [5, 5.41) is 0. The molecule has 1 aromatic carbocycles. The first kappa shape index (κ1) is 16.7. The van der Waals surface area contributed by atoms with Crippen molar-refractivity contribution in [3.8, 4) is 0 Å². The van der Waals surface area contributed by atoms with E-state index in [1.54, 1.807) is 18.5 Å². The van der Waals surface area contributed by atoms with Crippen LogP contribution in [0.4, 0.5) is 8.78 Å². The molecule has 4 rings (SSSR count). The molecule has 1 aromatic heterocycles. The maximum Gasteiger partial charge on any atom is 0.163 e. The van der Waals surface area contributed by atoms with Gasteiger partial charge in [0.15, 0.2) is 11.6 Å². The summed E-state index contributed by atoms with van der Waals surface area (Å²) in [6, 6.07) is 4.47. The topological polar surface area (TPSA) is 35.2 Å². The first-order valence-corrected chi connectivity index (χ1v) is 8.98. The molecule has 0 saturated carbocycles. The Labute approximate surface area is 146 Å². The van der Waals surface area contributed by atoms with Crippen molar-refractivity contribution in [2.24, 2.45) is 5.41 Å². The number of benzene rings is 1. The van der Waals surface area contributed by atoms with Gasteiger partial charge >= 0.3 is 0 Å². The molecule has 134 valence electrons. The number of likely N-dealkylation sites (tertiary alicyclic amines) is 2. The van der Waals surface area contributed by atoms with Crippen LogP contribution in [0.15, 0.2) is 30.7 Å². The Hall–Kier alpha value is -1.79. The van der Waals surface area contributed by atoms with Crippen molar-refractivity contribution >= 4 is 0 Å². The van der Waals surface area contributed by atoms with Crippen LogP contribution in [-0.4, -0.2) is 45.9 Å². The fourth-order valence-electron chi connectivity index (χ4n) is 4.46. The van der Waals surface area contributed by atoms with Crippen LogP contribution >= 0.6 is 0 Å². The summed E-state index contributed by atoms with van der Waals surface area (Å²) in [6.45, 7) is 5.46. The number of H-pyrrole nitrogens is 1. The summed E-state index contributed by atoms with van der Waals surface area (Å²) >= 11 is 0. The van der Waals surface area contributed by atoms with E-state index in [1.807, 2.05) is 6.20 Å². The van der Waals surface area contributed by atoms with Crippen LogP contribution in [0.1, 0.15) is 30.5 Å². The highest BCUT2D eigenvalue weighted by atomic mass is 19.2. The molecule has 2 aromatic rings. The maximum absolute atomic E-state index is 14.0. The molecule has 0 aliphatic carbocycles. The predicted molar refractivity (Wildman–Crippen MR) is 91.8 cm³/mol. The average Bonchev–Trinajstić information content (AvgIpc) is 3.23. The highest BCUT2D eigenvalue weighted by molar-refractivity contribution is 5.19. The fourth-order valence-corrected chi connectivity index (χ4v) is 4.46.